The van der Waals surface area contributed by atoms with Crippen molar-refractivity contribution in [1.29, 1.82) is 0 Å². The smallest absolute Gasteiger partial charge is 0.463 e. The lowest BCUT2D eigenvalue weighted by Gasteiger charge is -2.21. The summed E-state index contributed by atoms with van der Waals surface area (Å²) in [5.41, 5.74) is 0. The first-order valence-electron chi connectivity index (χ1n) is 45.1. The number of aliphatic hydroxyl groups excluding tert-OH is 2. The zero-order valence-electron chi connectivity index (χ0n) is 71.5. The van der Waals surface area contributed by atoms with E-state index in [4.69, 9.17) is 32.3 Å². The molecule has 0 aromatic heterocycles. The van der Waals surface area contributed by atoms with Crippen molar-refractivity contribution in [1.82, 2.24) is 0 Å². The summed E-state index contributed by atoms with van der Waals surface area (Å²) < 4.78 is 61.4. The molecule has 16 nitrogen and oxygen atoms in total. The van der Waals surface area contributed by atoms with Crippen molar-refractivity contribution in [3.8, 4) is 0 Å². The fourth-order valence-electron chi connectivity index (χ4n) is 12.2. The number of unbranched alkanes of at least 4 members (excludes halogenated alkanes) is 38. The highest BCUT2D eigenvalue weighted by Gasteiger charge is 2.29. The average molecular weight is 1620 g/mol. The van der Waals surface area contributed by atoms with E-state index >= 15 is 0 Å². The Balaban J connectivity index is 4.49. The first-order chi connectivity index (χ1) is 55.2. The predicted molar refractivity (Wildman–Crippen MR) is 473 cm³/mol. The molecule has 0 aromatic carbocycles. The molecule has 0 radical (unpaired) electrons. The first kappa shape index (κ1) is 108. The molecule has 0 aromatic rings. The van der Waals surface area contributed by atoms with Crippen molar-refractivity contribution < 1.29 is 75.8 Å². The number of phosphoric acid groups is 2. The van der Waals surface area contributed by atoms with Gasteiger partial charge in [0.15, 0.2) is 6.10 Å². The van der Waals surface area contributed by atoms with Gasteiger partial charge in [-0.25, -0.2) is 9.13 Å². The van der Waals surface area contributed by atoms with E-state index in [1.165, 1.54) is 154 Å². The van der Waals surface area contributed by atoms with E-state index in [9.17, 15) is 43.5 Å². The minimum Gasteiger partial charge on any atom is -0.463 e. The number of carbonyl (C=O) groups is 3. The van der Waals surface area contributed by atoms with Crippen molar-refractivity contribution >= 4 is 33.6 Å². The van der Waals surface area contributed by atoms with E-state index in [2.05, 4.69) is 167 Å². The van der Waals surface area contributed by atoms with E-state index in [0.29, 0.717) is 19.3 Å². The molecule has 0 bridgehead atoms. The second kappa shape index (κ2) is 86.8. The molecule has 18 heteroatoms. The van der Waals surface area contributed by atoms with Crippen molar-refractivity contribution in [2.75, 3.05) is 39.6 Å². The summed E-state index contributed by atoms with van der Waals surface area (Å²) in [6.07, 6.45) is 109. The van der Waals surface area contributed by atoms with Crippen LogP contribution in [0.5, 0.6) is 0 Å². The van der Waals surface area contributed by atoms with E-state index in [0.717, 1.165) is 167 Å². The molecule has 4 N–H and O–H groups in total. The van der Waals surface area contributed by atoms with Gasteiger partial charge in [0.1, 0.15) is 25.4 Å². The van der Waals surface area contributed by atoms with Gasteiger partial charge >= 0.3 is 33.6 Å². The Morgan fingerprint density at radius 1 is 0.257 bits per heavy atom. The van der Waals surface area contributed by atoms with Gasteiger partial charge in [-0.2, -0.15) is 0 Å². The van der Waals surface area contributed by atoms with Gasteiger partial charge in [0.25, 0.3) is 0 Å². The first-order valence-corrected chi connectivity index (χ1v) is 48.1. The van der Waals surface area contributed by atoms with Crippen LogP contribution in [0.3, 0.4) is 0 Å². The minimum absolute atomic E-state index is 0.0903. The third kappa shape index (κ3) is 88.1. The monoisotopic (exact) mass is 1620 g/mol. The number of hydrogen-bond acceptors (Lipinski definition) is 14. The SMILES string of the molecule is CC/C=C\C/C=C\C/C=C\C/C=C\C/C=C\CCCCCCCCCCCCCC(=O)OCC(COP(=O)(O)OCC(O)COP(=O)(O)OCC(O)COC(=O)CCCCCCCCCCCCCCCCCCC/C=C\C/C=C\C/C=C\C/C=C\CCCCC)OC(=O)CCCCCCCCC/C=C\C/C=C\C/C=C\CC. The summed E-state index contributed by atoms with van der Waals surface area (Å²) in [6, 6.07) is 0. The normalized spacial score (nSPS) is 14.5. The van der Waals surface area contributed by atoms with Gasteiger partial charge in [0, 0.05) is 19.3 Å². The lowest BCUT2D eigenvalue weighted by molar-refractivity contribution is -0.161. The van der Waals surface area contributed by atoms with Crippen LogP contribution in [0.2, 0.25) is 0 Å². The molecule has 0 saturated heterocycles. The van der Waals surface area contributed by atoms with Gasteiger partial charge in [0.05, 0.1) is 26.4 Å². The van der Waals surface area contributed by atoms with Crippen LogP contribution in [-0.2, 0) is 55.8 Å². The third-order valence-electron chi connectivity index (χ3n) is 19.0. The topological polar surface area (TPSA) is 231 Å². The molecule has 0 fully saturated rings. The Kier molecular flexibility index (Phi) is 83.3. The second-order valence-corrected chi connectivity index (χ2v) is 32.9. The third-order valence-corrected chi connectivity index (χ3v) is 20.9. The number of phosphoric ester groups is 2. The van der Waals surface area contributed by atoms with E-state index in [1.807, 2.05) is 0 Å². The maximum absolute atomic E-state index is 13.0. The van der Waals surface area contributed by atoms with Crippen LogP contribution in [0, 0.1) is 0 Å². The molecule has 5 unspecified atom stereocenters. The molecule has 0 saturated carbocycles. The van der Waals surface area contributed by atoms with Crippen molar-refractivity contribution in [2.45, 2.75) is 399 Å². The van der Waals surface area contributed by atoms with Crippen molar-refractivity contribution in [2.24, 2.45) is 0 Å². The standard InChI is InChI=1S/C95H164O16P2/c1-4-7-10-13-16-19-22-25-28-31-33-35-37-39-41-42-43-44-45-46-48-50-51-53-55-58-60-63-66-69-72-75-78-81-93(98)105-84-90(96)85-107-112(101,102)108-86-91(97)87-109-113(103,104)110-89-92(111-95(100)83-80-77-74-71-68-65-62-57-30-27-24-21-18-15-12-9-6-3)88-106-94(99)82-79-76-73-70-67-64-61-59-56-54-52-49-47-40-38-36-34-32-29-26-23-20-17-14-11-8-5-2/h8-9,11-12,16-21,25-30,33-36,39-41,47,90-92,96-97H,4-7,10,13-15,22-24,31-32,37-38,42-46,48-89H2,1-3H3,(H,101,102)(H,103,104)/b11-8-,12-9-,19-16-,20-17-,21-18-,28-25-,29-26-,30-27-,35-33-,36-34-,41-39-,47-40-. The molecule has 0 amide bonds. The number of allylic oxidation sites excluding steroid dienone is 24. The van der Waals surface area contributed by atoms with Gasteiger partial charge in [0.2, 0.25) is 0 Å². The van der Waals surface area contributed by atoms with Crippen LogP contribution in [0.15, 0.2) is 146 Å². The number of aliphatic hydroxyl groups is 2. The van der Waals surface area contributed by atoms with Crippen molar-refractivity contribution in [3.63, 3.8) is 0 Å². The molecule has 0 spiro atoms. The Bertz CT molecular complexity index is 2630. The highest BCUT2D eigenvalue weighted by atomic mass is 31.2. The highest BCUT2D eigenvalue weighted by Crippen LogP contribution is 2.45. The Morgan fingerprint density at radius 2 is 0.469 bits per heavy atom. The largest absolute Gasteiger partial charge is 0.472 e. The number of hydrogen-bond donors (Lipinski definition) is 4. The summed E-state index contributed by atoms with van der Waals surface area (Å²) in [5.74, 6) is -1.58. The van der Waals surface area contributed by atoms with Crippen LogP contribution >= 0.6 is 15.6 Å². The van der Waals surface area contributed by atoms with E-state index in [-0.39, 0.29) is 19.3 Å². The maximum Gasteiger partial charge on any atom is 0.472 e. The zero-order valence-corrected chi connectivity index (χ0v) is 73.3. The average Bonchev–Trinajstić information content (AvgIpc) is 0.897. The van der Waals surface area contributed by atoms with Crippen LogP contribution < -0.4 is 0 Å². The van der Waals surface area contributed by atoms with Gasteiger partial charge in [-0.05, 0) is 141 Å². The lowest BCUT2D eigenvalue weighted by Crippen LogP contribution is -2.30. The van der Waals surface area contributed by atoms with Gasteiger partial charge in [-0.3, -0.25) is 32.5 Å². The summed E-state index contributed by atoms with van der Waals surface area (Å²) in [5, 5.41) is 20.7. The number of ether oxygens (including phenoxy) is 3. The van der Waals surface area contributed by atoms with Crippen LogP contribution in [0.4, 0.5) is 0 Å². The summed E-state index contributed by atoms with van der Waals surface area (Å²) in [6.45, 7) is 2.46. The Hall–Kier alpha value is -4.57. The van der Waals surface area contributed by atoms with Crippen LogP contribution in [-0.4, -0.2) is 95.9 Å². The summed E-state index contributed by atoms with van der Waals surface area (Å²) >= 11 is 0. The van der Waals surface area contributed by atoms with E-state index in [1.54, 1.807) is 0 Å². The van der Waals surface area contributed by atoms with E-state index < -0.39 is 91.5 Å². The van der Waals surface area contributed by atoms with Crippen molar-refractivity contribution in [3.05, 3.63) is 146 Å². The maximum atomic E-state index is 13.0. The zero-order chi connectivity index (χ0) is 82.2. The minimum atomic E-state index is -4.94. The van der Waals surface area contributed by atoms with Gasteiger partial charge < -0.3 is 34.2 Å². The molecule has 0 aliphatic carbocycles. The quantitative estimate of drug-likeness (QED) is 0.0146. The molecule has 0 aliphatic heterocycles. The fraction of sp³-hybridized carbons (Fsp3) is 0.716. The van der Waals surface area contributed by atoms with Crippen LogP contribution in [0.1, 0.15) is 380 Å². The lowest BCUT2D eigenvalue weighted by atomic mass is 10.0. The molecule has 650 valence electrons. The molecule has 0 rings (SSSR count). The molecule has 0 aliphatic rings. The fourth-order valence-corrected chi connectivity index (χ4v) is 13.8. The highest BCUT2D eigenvalue weighted by molar-refractivity contribution is 7.47. The number of esters is 3. The molecule has 5 atom stereocenters. The Morgan fingerprint density at radius 3 is 0.743 bits per heavy atom. The second-order valence-electron chi connectivity index (χ2n) is 30.0. The molecule has 113 heavy (non-hydrogen) atoms. The predicted octanol–water partition coefficient (Wildman–Crippen LogP) is 27.6. The molecular formula is C95H164O16P2. The summed E-state index contributed by atoms with van der Waals surface area (Å²) in [7, 11) is -9.81. The van der Waals surface area contributed by atoms with Gasteiger partial charge in [-0.15, -0.1) is 0 Å². The van der Waals surface area contributed by atoms with Crippen LogP contribution in [0.25, 0.3) is 0 Å². The Labute approximate surface area is 689 Å². The van der Waals surface area contributed by atoms with Gasteiger partial charge in [-0.1, -0.05) is 366 Å². The molecule has 0 heterocycles. The molecular weight excluding hydrogens is 1460 g/mol. The number of carbonyl (C=O) groups excluding carboxylic acids is 3. The summed E-state index contributed by atoms with van der Waals surface area (Å²) in [4.78, 5) is 58.9. The number of rotatable bonds is 85.